The lowest BCUT2D eigenvalue weighted by Gasteiger charge is -2.18. The van der Waals surface area contributed by atoms with Crippen LogP contribution in [0.1, 0.15) is 29.8 Å². The molecule has 36 heavy (non-hydrogen) atoms. The highest BCUT2D eigenvalue weighted by Crippen LogP contribution is 2.25. The standard InChI is InChI=1S/C28H34N4O4/c1-5-32(6-2)18-17-29-27(33)25-16-11-22(19-26(25)35-4)31-28(34)30-21-9-14-24(15-10-21)36-23-12-7-20(3)8-13-23/h7-16,19H,5-6,17-18H2,1-4H3,(H,29,33)(H2,30,31,34). The van der Waals surface area contributed by atoms with E-state index < -0.39 is 6.03 Å². The summed E-state index contributed by atoms with van der Waals surface area (Å²) in [7, 11) is 1.49. The normalized spacial score (nSPS) is 10.6. The van der Waals surface area contributed by atoms with E-state index in [-0.39, 0.29) is 5.91 Å². The number of carbonyl (C=O) groups is 2. The van der Waals surface area contributed by atoms with Crippen molar-refractivity contribution in [3.63, 3.8) is 0 Å². The van der Waals surface area contributed by atoms with Gasteiger partial charge >= 0.3 is 6.03 Å². The largest absolute Gasteiger partial charge is 0.496 e. The van der Waals surface area contributed by atoms with Crippen molar-refractivity contribution in [3.05, 3.63) is 77.9 Å². The van der Waals surface area contributed by atoms with Gasteiger partial charge in [0.15, 0.2) is 0 Å². The molecule has 0 aromatic heterocycles. The van der Waals surface area contributed by atoms with Crippen LogP contribution in [0.5, 0.6) is 17.2 Å². The summed E-state index contributed by atoms with van der Waals surface area (Å²) in [6.45, 7) is 9.39. The highest BCUT2D eigenvalue weighted by atomic mass is 16.5. The average molecular weight is 491 g/mol. The zero-order valence-electron chi connectivity index (χ0n) is 21.3. The Hall–Kier alpha value is -4.04. The fourth-order valence-corrected chi connectivity index (χ4v) is 3.56. The van der Waals surface area contributed by atoms with Gasteiger partial charge in [0.05, 0.1) is 12.7 Å². The van der Waals surface area contributed by atoms with Crippen LogP contribution in [0.2, 0.25) is 0 Å². The van der Waals surface area contributed by atoms with Crippen LogP contribution < -0.4 is 25.4 Å². The molecule has 3 aromatic rings. The summed E-state index contributed by atoms with van der Waals surface area (Å²) >= 11 is 0. The molecular weight excluding hydrogens is 456 g/mol. The van der Waals surface area contributed by atoms with Crippen LogP contribution in [-0.4, -0.2) is 50.1 Å². The van der Waals surface area contributed by atoms with Crippen molar-refractivity contribution in [1.82, 2.24) is 10.2 Å². The molecular formula is C28H34N4O4. The lowest BCUT2D eigenvalue weighted by Crippen LogP contribution is -2.34. The minimum absolute atomic E-state index is 0.219. The highest BCUT2D eigenvalue weighted by molar-refractivity contribution is 6.01. The van der Waals surface area contributed by atoms with Crippen molar-refractivity contribution in [2.75, 3.05) is 43.9 Å². The van der Waals surface area contributed by atoms with Gasteiger partial charge in [0, 0.05) is 30.5 Å². The van der Waals surface area contributed by atoms with Crippen molar-refractivity contribution in [2.24, 2.45) is 0 Å². The van der Waals surface area contributed by atoms with Gasteiger partial charge in [0.25, 0.3) is 5.91 Å². The van der Waals surface area contributed by atoms with Crippen molar-refractivity contribution >= 4 is 23.3 Å². The van der Waals surface area contributed by atoms with Crippen LogP contribution in [0, 0.1) is 6.92 Å². The number of rotatable bonds is 11. The zero-order chi connectivity index (χ0) is 25.9. The minimum atomic E-state index is -0.416. The maximum absolute atomic E-state index is 12.6. The molecule has 0 atom stereocenters. The average Bonchev–Trinajstić information content (AvgIpc) is 2.89. The zero-order valence-corrected chi connectivity index (χ0v) is 21.3. The quantitative estimate of drug-likeness (QED) is 0.330. The maximum atomic E-state index is 12.6. The van der Waals surface area contributed by atoms with Crippen molar-refractivity contribution in [1.29, 1.82) is 0 Å². The number of hydrogen-bond acceptors (Lipinski definition) is 5. The molecule has 0 aliphatic carbocycles. The molecule has 3 rings (SSSR count). The lowest BCUT2D eigenvalue weighted by molar-refractivity contribution is 0.0946. The predicted octanol–water partition coefficient (Wildman–Crippen LogP) is 5.51. The Morgan fingerprint density at radius 3 is 2.03 bits per heavy atom. The molecule has 8 nitrogen and oxygen atoms in total. The summed E-state index contributed by atoms with van der Waals surface area (Å²) in [4.78, 5) is 27.3. The first kappa shape index (κ1) is 26.6. The maximum Gasteiger partial charge on any atom is 0.323 e. The molecule has 3 N–H and O–H groups in total. The van der Waals surface area contributed by atoms with E-state index in [0.29, 0.717) is 35.0 Å². The Kier molecular flexibility index (Phi) is 9.71. The SMILES string of the molecule is CCN(CC)CCNC(=O)c1ccc(NC(=O)Nc2ccc(Oc3ccc(C)cc3)cc2)cc1OC. The summed E-state index contributed by atoms with van der Waals surface area (Å²) < 4.78 is 11.2. The molecule has 0 aliphatic heterocycles. The number of anilines is 2. The number of nitrogens with zero attached hydrogens (tertiary/aromatic N) is 1. The van der Waals surface area contributed by atoms with E-state index in [0.717, 1.165) is 30.9 Å². The van der Waals surface area contributed by atoms with Crippen LogP contribution in [-0.2, 0) is 0 Å². The van der Waals surface area contributed by atoms with E-state index in [4.69, 9.17) is 9.47 Å². The number of benzene rings is 3. The number of methoxy groups -OCH3 is 1. The Balaban J connectivity index is 1.54. The molecule has 0 aliphatic rings. The van der Waals surface area contributed by atoms with Gasteiger partial charge in [0.1, 0.15) is 17.2 Å². The van der Waals surface area contributed by atoms with Gasteiger partial charge < -0.3 is 30.3 Å². The molecule has 0 fully saturated rings. The van der Waals surface area contributed by atoms with Gasteiger partial charge in [-0.3, -0.25) is 4.79 Å². The van der Waals surface area contributed by atoms with Gasteiger partial charge in [0.2, 0.25) is 0 Å². The van der Waals surface area contributed by atoms with Crippen LogP contribution in [0.4, 0.5) is 16.2 Å². The summed E-state index contributed by atoms with van der Waals surface area (Å²) in [6.07, 6.45) is 0. The van der Waals surface area contributed by atoms with Crippen molar-refractivity contribution < 1.29 is 19.1 Å². The van der Waals surface area contributed by atoms with Gasteiger partial charge in [-0.2, -0.15) is 0 Å². The highest BCUT2D eigenvalue weighted by Gasteiger charge is 2.14. The summed E-state index contributed by atoms with van der Waals surface area (Å²) in [5, 5.41) is 8.46. The first-order valence-electron chi connectivity index (χ1n) is 12.0. The molecule has 0 saturated heterocycles. The number of aryl methyl sites for hydroxylation is 1. The van der Waals surface area contributed by atoms with Gasteiger partial charge in [-0.1, -0.05) is 31.5 Å². The van der Waals surface area contributed by atoms with Crippen molar-refractivity contribution in [3.8, 4) is 17.2 Å². The molecule has 0 heterocycles. The Morgan fingerprint density at radius 1 is 0.833 bits per heavy atom. The number of nitrogens with one attached hydrogen (secondary N) is 3. The Labute approximate surface area is 212 Å². The number of likely N-dealkylation sites (N-methyl/N-ethyl adjacent to an activating group) is 1. The summed E-state index contributed by atoms with van der Waals surface area (Å²) in [5.41, 5.74) is 2.68. The van der Waals surface area contributed by atoms with E-state index in [1.165, 1.54) is 7.11 Å². The van der Waals surface area contributed by atoms with E-state index >= 15 is 0 Å². The topological polar surface area (TPSA) is 91.9 Å². The second-order valence-corrected chi connectivity index (χ2v) is 8.22. The van der Waals surface area contributed by atoms with Gasteiger partial charge in [-0.05, 0) is 68.5 Å². The monoisotopic (exact) mass is 490 g/mol. The minimum Gasteiger partial charge on any atom is -0.496 e. The van der Waals surface area contributed by atoms with E-state index in [9.17, 15) is 9.59 Å². The molecule has 0 radical (unpaired) electrons. The summed E-state index contributed by atoms with van der Waals surface area (Å²) in [6, 6.07) is 19.4. The van der Waals surface area contributed by atoms with E-state index in [2.05, 4.69) is 34.7 Å². The van der Waals surface area contributed by atoms with E-state index in [1.54, 1.807) is 42.5 Å². The third kappa shape index (κ3) is 7.74. The third-order valence-electron chi connectivity index (χ3n) is 5.68. The molecule has 8 heteroatoms. The first-order valence-corrected chi connectivity index (χ1v) is 12.0. The molecule has 3 amide bonds. The number of hydrogen-bond donors (Lipinski definition) is 3. The van der Waals surface area contributed by atoms with Crippen LogP contribution >= 0.6 is 0 Å². The molecule has 0 spiro atoms. The first-order chi connectivity index (χ1) is 17.4. The lowest BCUT2D eigenvalue weighted by atomic mass is 10.1. The molecule has 0 saturated carbocycles. The molecule has 0 unspecified atom stereocenters. The predicted molar refractivity (Wildman–Crippen MR) is 143 cm³/mol. The third-order valence-corrected chi connectivity index (χ3v) is 5.68. The van der Waals surface area contributed by atoms with Crippen LogP contribution in [0.15, 0.2) is 66.7 Å². The second kappa shape index (κ2) is 13.2. The summed E-state index contributed by atoms with van der Waals surface area (Å²) in [5.74, 6) is 1.57. The number of carbonyl (C=O) groups excluding carboxylic acids is 2. The fraction of sp³-hybridized carbons (Fsp3) is 0.286. The van der Waals surface area contributed by atoms with Gasteiger partial charge in [-0.25, -0.2) is 4.79 Å². The Morgan fingerprint density at radius 2 is 1.42 bits per heavy atom. The van der Waals surface area contributed by atoms with Crippen LogP contribution in [0.3, 0.4) is 0 Å². The number of amides is 3. The number of urea groups is 1. The second-order valence-electron chi connectivity index (χ2n) is 8.22. The van der Waals surface area contributed by atoms with E-state index in [1.807, 2.05) is 31.2 Å². The van der Waals surface area contributed by atoms with Gasteiger partial charge in [-0.15, -0.1) is 0 Å². The Bertz CT molecular complexity index is 1140. The smallest absolute Gasteiger partial charge is 0.323 e. The molecule has 190 valence electrons. The molecule has 0 bridgehead atoms. The molecule has 3 aromatic carbocycles. The van der Waals surface area contributed by atoms with Crippen LogP contribution in [0.25, 0.3) is 0 Å². The van der Waals surface area contributed by atoms with Crippen molar-refractivity contribution in [2.45, 2.75) is 20.8 Å². The number of ether oxygens (including phenoxy) is 2. The fourth-order valence-electron chi connectivity index (χ4n) is 3.56.